The molecule has 0 aliphatic carbocycles. The highest BCUT2D eigenvalue weighted by molar-refractivity contribution is 7.23. The lowest BCUT2D eigenvalue weighted by molar-refractivity contribution is 0.0183. The minimum Gasteiger partial charge on any atom is -0.396 e. The number of aliphatic hydroxyl groups is 3. The van der Waals surface area contributed by atoms with Crippen molar-refractivity contribution in [2.24, 2.45) is 0 Å². The molecule has 0 aliphatic heterocycles. The molecule has 60 valence electrons. The largest absolute Gasteiger partial charge is 0.396 e. The molecule has 0 bridgehead atoms. The molecule has 2 atom stereocenters. The van der Waals surface area contributed by atoms with Crippen LogP contribution in [0.5, 0.6) is 0 Å². The first-order valence-corrected chi connectivity index (χ1v) is 3.98. The van der Waals surface area contributed by atoms with Gasteiger partial charge in [0, 0.05) is 6.61 Å². The third-order valence-corrected chi connectivity index (χ3v) is 1.65. The Bertz CT molecular complexity index is 97.6. The van der Waals surface area contributed by atoms with E-state index in [1.165, 1.54) is 0 Å². The van der Waals surface area contributed by atoms with Crippen molar-refractivity contribution in [2.45, 2.75) is 18.6 Å². The molecule has 4 nitrogen and oxygen atoms in total. The highest BCUT2D eigenvalue weighted by Crippen LogP contribution is 2.04. The zero-order valence-corrected chi connectivity index (χ0v) is 6.37. The third kappa shape index (κ3) is 3.90. The van der Waals surface area contributed by atoms with Crippen LogP contribution in [0.15, 0.2) is 0 Å². The Kier molecular flexibility index (Phi) is 5.73. The van der Waals surface area contributed by atoms with Crippen LogP contribution in [0.4, 0.5) is 0 Å². The minimum absolute atomic E-state index is 0.0150. The Labute approximate surface area is 60.7 Å². The van der Waals surface area contributed by atoms with Crippen LogP contribution in [0, 0.1) is 0 Å². The van der Waals surface area contributed by atoms with Crippen molar-refractivity contribution >= 4 is 8.46 Å². The summed E-state index contributed by atoms with van der Waals surface area (Å²) < 4.78 is 9.89. The zero-order valence-electron chi connectivity index (χ0n) is 5.47. The Morgan fingerprint density at radius 2 is 1.90 bits per heavy atom. The van der Waals surface area contributed by atoms with Crippen molar-refractivity contribution in [1.29, 1.82) is 0 Å². The number of aliphatic hydroxyl groups excluding tert-OH is 3. The van der Waals surface area contributed by atoms with Gasteiger partial charge in [-0.2, -0.15) is 0 Å². The van der Waals surface area contributed by atoms with Gasteiger partial charge >= 0.3 is 0 Å². The molecule has 0 aromatic carbocycles. The van der Waals surface area contributed by atoms with E-state index in [2.05, 4.69) is 0 Å². The van der Waals surface area contributed by atoms with Crippen molar-refractivity contribution < 1.29 is 19.9 Å². The van der Waals surface area contributed by atoms with E-state index in [9.17, 15) is 4.57 Å². The van der Waals surface area contributed by atoms with Crippen LogP contribution in [0.25, 0.3) is 0 Å². The zero-order chi connectivity index (χ0) is 7.98. The smallest absolute Gasteiger partial charge is 0.158 e. The van der Waals surface area contributed by atoms with E-state index in [1.54, 1.807) is 0 Å². The highest BCUT2D eigenvalue weighted by Gasteiger charge is 2.14. The molecule has 0 rings (SSSR count). The maximum absolute atomic E-state index is 9.89. The second-order valence-corrected chi connectivity index (χ2v) is 2.58. The van der Waals surface area contributed by atoms with Crippen molar-refractivity contribution in [3.63, 3.8) is 0 Å². The Hall–Kier alpha value is -0.0200. The normalized spacial score (nSPS) is 17.1. The summed E-state index contributed by atoms with van der Waals surface area (Å²) in [5.41, 5.74) is 0. The highest BCUT2D eigenvalue weighted by atomic mass is 31.1. The van der Waals surface area contributed by atoms with Crippen LogP contribution in [0.2, 0.25) is 0 Å². The summed E-state index contributed by atoms with van der Waals surface area (Å²) >= 11 is 0. The molecule has 0 fully saturated rings. The average Bonchev–Trinajstić information content (AvgIpc) is 1.89. The Morgan fingerprint density at radius 1 is 1.30 bits per heavy atom. The maximum Gasteiger partial charge on any atom is 0.158 e. The van der Waals surface area contributed by atoms with Crippen LogP contribution < -0.4 is 0 Å². The fourth-order valence-corrected chi connectivity index (χ4v) is 0.919. The van der Waals surface area contributed by atoms with Crippen molar-refractivity contribution in [1.82, 2.24) is 0 Å². The van der Waals surface area contributed by atoms with Crippen molar-refractivity contribution in [2.75, 3.05) is 12.8 Å². The molecule has 0 amide bonds. The summed E-state index contributed by atoms with van der Waals surface area (Å²) in [7, 11) is -0.192. The van der Waals surface area contributed by atoms with Crippen LogP contribution >= 0.6 is 8.46 Å². The molecule has 2 unspecified atom stereocenters. The third-order valence-electron chi connectivity index (χ3n) is 1.13. The Morgan fingerprint density at radius 3 is 2.30 bits per heavy atom. The number of hydrogen-bond acceptors (Lipinski definition) is 4. The van der Waals surface area contributed by atoms with Crippen LogP contribution in [0.1, 0.15) is 6.42 Å². The molecule has 0 aliphatic rings. The quantitative estimate of drug-likeness (QED) is 0.476. The van der Waals surface area contributed by atoms with Gasteiger partial charge in [0.1, 0.15) is 0 Å². The molecular formula is C5H11O4P. The second kappa shape index (κ2) is 5.74. The molecule has 0 aromatic rings. The van der Waals surface area contributed by atoms with Gasteiger partial charge in [-0.25, -0.2) is 0 Å². The SMILES string of the molecule is O=PCC(O)C(O)CCO. The van der Waals surface area contributed by atoms with Gasteiger partial charge in [0.25, 0.3) is 0 Å². The number of rotatable bonds is 5. The van der Waals surface area contributed by atoms with E-state index in [0.29, 0.717) is 0 Å². The predicted molar refractivity (Wildman–Crippen MR) is 36.2 cm³/mol. The fourth-order valence-electron chi connectivity index (χ4n) is 0.523. The monoisotopic (exact) mass is 166 g/mol. The standard InChI is InChI=1S/C5H11O4P/c6-2-1-4(7)5(8)3-10-9/h4-8H,1-3H2. The van der Waals surface area contributed by atoms with E-state index in [-0.39, 0.29) is 27.6 Å². The van der Waals surface area contributed by atoms with Gasteiger partial charge in [-0.15, -0.1) is 0 Å². The van der Waals surface area contributed by atoms with Crippen LogP contribution in [-0.4, -0.2) is 40.3 Å². The lowest BCUT2D eigenvalue weighted by Gasteiger charge is -2.12. The average molecular weight is 166 g/mol. The van der Waals surface area contributed by atoms with E-state index in [4.69, 9.17) is 15.3 Å². The fraction of sp³-hybridized carbons (Fsp3) is 1.00. The van der Waals surface area contributed by atoms with Gasteiger partial charge in [-0.05, 0) is 6.42 Å². The molecule has 10 heavy (non-hydrogen) atoms. The molecule has 0 spiro atoms. The topological polar surface area (TPSA) is 77.8 Å². The van der Waals surface area contributed by atoms with Gasteiger partial charge in [0.15, 0.2) is 8.46 Å². The van der Waals surface area contributed by atoms with E-state index in [0.717, 1.165) is 0 Å². The Balaban J connectivity index is 3.47. The molecular weight excluding hydrogens is 155 g/mol. The molecule has 3 N–H and O–H groups in total. The van der Waals surface area contributed by atoms with Crippen molar-refractivity contribution in [3.05, 3.63) is 0 Å². The molecule has 5 heteroatoms. The van der Waals surface area contributed by atoms with E-state index < -0.39 is 12.2 Å². The van der Waals surface area contributed by atoms with E-state index in [1.807, 2.05) is 0 Å². The summed E-state index contributed by atoms with van der Waals surface area (Å²) in [6, 6.07) is 0. The first-order chi connectivity index (χ1) is 4.72. The summed E-state index contributed by atoms with van der Waals surface area (Å²) in [6.07, 6.45) is -1.82. The van der Waals surface area contributed by atoms with Crippen molar-refractivity contribution in [3.8, 4) is 0 Å². The molecule has 0 aromatic heterocycles. The predicted octanol–water partition coefficient (Wildman–Crippen LogP) is -0.618. The molecule has 0 saturated carbocycles. The molecule has 0 radical (unpaired) electrons. The van der Waals surface area contributed by atoms with Gasteiger partial charge in [0.05, 0.1) is 18.4 Å². The summed E-state index contributed by atoms with van der Waals surface area (Å²) in [5, 5.41) is 26.1. The number of hydrogen-bond donors (Lipinski definition) is 3. The molecule has 0 heterocycles. The lowest BCUT2D eigenvalue weighted by atomic mass is 10.2. The van der Waals surface area contributed by atoms with Gasteiger partial charge in [0.2, 0.25) is 0 Å². The minimum atomic E-state index is -0.994. The first kappa shape index (κ1) is 9.98. The second-order valence-electron chi connectivity index (χ2n) is 1.96. The summed E-state index contributed by atoms with van der Waals surface area (Å²) in [6.45, 7) is -0.173. The summed E-state index contributed by atoms with van der Waals surface area (Å²) in [5.74, 6) is 0. The maximum atomic E-state index is 9.89. The van der Waals surface area contributed by atoms with Gasteiger partial charge < -0.3 is 15.3 Å². The van der Waals surface area contributed by atoms with Crippen LogP contribution in [0.3, 0.4) is 0 Å². The first-order valence-electron chi connectivity index (χ1n) is 2.98. The molecule has 0 saturated heterocycles. The van der Waals surface area contributed by atoms with Gasteiger partial charge in [-0.3, -0.25) is 4.57 Å². The lowest BCUT2D eigenvalue weighted by Crippen LogP contribution is -2.28. The van der Waals surface area contributed by atoms with Crippen LogP contribution in [-0.2, 0) is 4.57 Å². The van der Waals surface area contributed by atoms with Gasteiger partial charge in [-0.1, -0.05) is 0 Å². The summed E-state index contributed by atoms with van der Waals surface area (Å²) in [4.78, 5) is 0. The van der Waals surface area contributed by atoms with E-state index >= 15 is 0 Å².